The maximum atomic E-state index is 14.0. The molecule has 2 atom stereocenters. The molecule has 1 fully saturated rings. The predicted octanol–water partition coefficient (Wildman–Crippen LogP) is 3.45. The summed E-state index contributed by atoms with van der Waals surface area (Å²) in [5, 5.41) is 17.0. The Labute approximate surface area is 225 Å². The van der Waals surface area contributed by atoms with Crippen molar-refractivity contribution >= 4 is 22.7 Å². The van der Waals surface area contributed by atoms with Gasteiger partial charge in [0.1, 0.15) is 6.04 Å². The molecule has 0 bridgehead atoms. The predicted molar refractivity (Wildman–Crippen MR) is 150 cm³/mol. The molecule has 1 saturated heterocycles. The summed E-state index contributed by atoms with van der Waals surface area (Å²) < 4.78 is 0. The van der Waals surface area contributed by atoms with Crippen LogP contribution in [0.4, 0.5) is 0 Å². The molecule has 1 aliphatic heterocycles. The molecular formula is C31H40N4O3. The van der Waals surface area contributed by atoms with Gasteiger partial charge in [-0.05, 0) is 74.6 Å². The second kappa shape index (κ2) is 10.5. The Kier molecular flexibility index (Phi) is 7.34. The third-order valence-electron chi connectivity index (χ3n) is 8.60. The van der Waals surface area contributed by atoms with E-state index in [1.54, 1.807) is 20.8 Å². The first-order valence-electron chi connectivity index (χ1n) is 13.8. The van der Waals surface area contributed by atoms with E-state index in [2.05, 4.69) is 39.9 Å². The fourth-order valence-electron chi connectivity index (χ4n) is 6.20. The van der Waals surface area contributed by atoms with Gasteiger partial charge in [-0.3, -0.25) is 9.59 Å². The molecule has 0 unspecified atom stereocenters. The number of aryl methyl sites for hydroxylation is 1. The van der Waals surface area contributed by atoms with E-state index in [1.165, 1.54) is 11.1 Å². The lowest BCUT2D eigenvalue weighted by Crippen LogP contribution is -2.60. The highest BCUT2D eigenvalue weighted by Crippen LogP contribution is 2.46. The van der Waals surface area contributed by atoms with Crippen molar-refractivity contribution in [3.63, 3.8) is 0 Å². The van der Waals surface area contributed by atoms with Gasteiger partial charge < -0.3 is 25.6 Å². The monoisotopic (exact) mass is 516 g/mol. The Morgan fingerprint density at radius 3 is 2.55 bits per heavy atom. The number of amides is 2. The zero-order valence-electron chi connectivity index (χ0n) is 22.7. The van der Waals surface area contributed by atoms with E-state index in [0.717, 1.165) is 42.1 Å². The first kappa shape index (κ1) is 26.4. The van der Waals surface area contributed by atoms with E-state index < -0.39 is 17.7 Å². The number of aromatic amines is 1. The largest absolute Gasteiger partial charge is 0.392 e. The summed E-state index contributed by atoms with van der Waals surface area (Å²) in [7, 11) is 0. The lowest BCUT2D eigenvalue weighted by molar-refractivity contribution is -0.139. The number of fused-ring (bicyclic) bond motifs is 3. The van der Waals surface area contributed by atoms with Crippen molar-refractivity contribution in [3.8, 4) is 0 Å². The van der Waals surface area contributed by atoms with Gasteiger partial charge in [0.25, 0.3) is 0 Å². The molecule has 0 radical (unpaired) electrons. The number of β-amino-alcohol motifs (C(OH)–C–C–N with tert-alkyl or cyclic N) is 1. The molecule has 7 heteroatoms. The normalized spacial score (nSPS) is 18.4. The summed E-state index contributed by atoms with van der Waals surface area (Å²) >= 11 is 0. The van der Waals surface area contributed by atoms with Crippen molar-refractivity contribution in [2.24, 2.45) is 0 Å². The molecule has 2 amide bonds. The van der Waals surface area contributed by atoms with Gasteiger partial charge in [0.2, 0.25) is 11.8 Å². The van der Waals surface area contributed by atoms with Crippen molar-refractivity contribution in [3.05, 3.63) is 71.4 Å². The minimum absolute atomic E-state index is 0.0314. The lowest BCUT2D eigenvalue weighted by atomic mass is 9.73. The number of likely N-dealkylation sites (tertiary alicyclic amines) is 1. The van der Waals surface area contributed by atoms with Crippen LogP contribution in [0.5, 0.6) is 0 Å². The van der Waals surface area contributed by atoms with Gasteiger partial charge in [-0.25, -0.2) is 0 Å². The number of piperidine rings is 1. The lowest BCUT2D eigenvalue weighted by Gasteiger charge is -2.41. The number of benzene rings is 2. The maximum absolute atomic E-state index is 14.0. The standard InChI is InChI=1S/C31H40N4O3/c1-21(36)19-33-30(2,3)29(38)34-27(18-23-20-32-26-11-7-5-9-24(23)26)28(37)35-16-14-31(15-17-35)13-12-22-8-4-6-10-25(22)31/h4-11,20-21,27,32-33,36H,12-19H2,1-3H3,(H,34,38)/t21-,27-/m1/s1. The highest BCUT2D eigenvalue weighted by Gasteiger charge is 2.43. The summed E-state index contributed by atoms with van der Waals surface area (Å²) in [6.45, 7) is 6.90. The molecule has 1 aromatic heterocycles. The maximum Gasteiger partial charge on any atom is 0.245 e. The summed E-state index contributed by atoms with van der Waals surface area (Å²) in [6.07, 6.45) is 5.92. The Bertz CT molecular complexity index is 1300. The van der Waals surface area contributed by atoms with Crippen LogP contribution in [-0.4, -0.2) is 64.1 Å². The molecule has 2 aliphatic rings. The first-order valence-corrected chi connectivity index (χ1v) is 13.8. The molecule has 2 heterocycles. The molecule has 5 rings (SSSR count). The van der Waals surface area contributed by atoms with Crippen LogP contribution in [0.3, 0.4) is 0 Å². The highest BCUT2D eigenvalue weighted by molar-refractivity contribution is 5.92. The third kappa shape index (κ3) is 5.22. The molecular weight excluding hydrogens is 476 g/mol. The van der Waals surface area contributed by atoms with Gasteiger partial charge in [0.15, 0.2) is 0 Å². The molecule has 0 saturated carbocycles. The number of carbonyl (C=O) groups is 2. The zero-order chi connectivity index (χ0) is 26.9. The fraction of sp³-hybridized carbons (Fsp3) is 0.484. The molecule has 3 aromatic rings. The van der Waals surface area contributed by atoms with Crippen LogP contribution < -0.4 is 10.6 Å². The van der Waals surface area contributed by atoms with Crippen molar-refractivity contribution in [2.75, 3.05) is 19.6 Å². The van der Waals surface area contributed by atoms with Crippen LogP contribution >= 0.6 is 0 Å². The van der Waals surface area contributed by atoms with Crippen LogP contribution in [-0.2, 0) is 27.8 Å². The van der Waals surface area contributed by atoms with Crippen LogP contribution in [0.25, 0.3) is 10.9 Å². The van der Waals surface area contributed by atoms with E-state index in [-0.39, 0.29) is 23.8 Å². The van der Waals surface area contributed by atoms with Crippen molar-refractivity contribution in [1.82, 2.24) is 20.5 Å². The minimum atomic E-state index is -0.935. The fourth-order valence-corrected chi connectivity index (χ4v) is 6.20. The number of nitrogens with zero attached hydrogens (tertiary/aromatic N) is 1. The van der Waals surface area contributed by atoms with E-state index in [4.69, 9.17) is 0 Å². The molecule has 7 nitrogen and oxygen atoms in total. The van der Waals surface area contributed by atoms with Crippen LogP contribution in [0.2, 0.25) is 0 Å². The van der Waals surface area contributed by atoms with Gasteiger partial charge in [0, 0.05) is 43.2 Å². The number of H-pyrrole nitrogens is 1. The number of rotatable bonds is 8. The molecule has 4 N–H and O–H groups in total. The molecule has 2 aromatic carbocycles. The number of hydrogen-bond acceptors (Lipinski definition) is 4. The number of para-hydroxylation sites is 1. The first-order chi connectivity index (χ1) is 18.2. The smallest absolute Gasteiger partial charge is 0.245 e. The van der Waals surface area contributed by atoms with E-state index in [1.807, 2.05) is 35.4 Å². The van der Waals surface area contributed by atoms with Gasteiger partial charge in [-0.1, -0.05) is 42.5 Å². The summed E-state index contributed by atoms with van der Waals surface area (Å²) in [6, 6.07) is 16.1. The van der Waals surface area contributed by atoms with Crippen LogP contribution in [0.15, 0.2) is 54.7 Å². The number of hydrogen-bond donors (Lipinski definition) is 4. The summed E-state index contributed by atoms with van der Waals surface area (Å²) in [5.41, 5.74) is 4.15. The van der Waals surface area contributed by atoms with E-state index >= 15 is 0 Å². The average Bonchev–Trinajstić information content (AvgIpc) is 3.49. The number of aromatic nitrogens is 1. The van der Waals surface area contributed by atoms with Gasteiger partial charge >= 0.3 is 0 Å². The van der Waals surface area contributed by atoms with Gasteiger partial charge in [0.05, 0.1) is 11.6 Å². The molecule has 202 valence electrons. The Balaban J connectivity index is 1.34. The average molecular weight is 517 g/mol. The Morgan fingerprint density at radius 1 is 1.08 bits per heavy atom. The van der Waals surface area contributed by atoms with Gasteiger partial charge in [-0.2, -0.15) is 0 Å². The summed E-state index contributed by atoms with van der Waals surface area (Å²) in [4.78, 5) is 32.6. The topological polar surface area (TPSA) is 97.5 Å². The Hall–Kier alpha value is -3.16. The van der Waals surface area contributed by atoms with Crippen LogP contribution in [0.1, 0.15) is 56.7 Å². The van der Waals surface area contributed by atoms with E-state index in [9.17, 15) is 14.7 Å². The summed E-state index contributed by atoms with van der Waals surface area (Å²) in [5.74, 6) is -0.286. The van der Waals surface area contributed by atoms with Gasteiger partial charge in [-0.15, -0.1) is 0 Å². The minimum Gasteiger partial charge on any atom is -0.392 e. The number of aliphatic hydroxyl groups is 1. The van der Waals surface area contributed by atoms with Crippen molar-refractivity contribution in [1.29, 1.82) is 0 Å². The molecule has 1 spiro atoms. The quantitative estimate of drug-likeness (QED) is 0.369. The molecule has 38 heavy (non-hydrogen) atoms. The third-order valence-corrected chi connectivity index (χ3v) is 8.60. The van der Waals surface area contributed by atoms with Crippen LogP contribution in [0, 0.1) is 0 Å². The number of nitrogens with one attached hydrogen (secondary N) is 3. The molecule has 1 aliphatic carbocycles. The highest BCUT2D eigenvalue weighted by atomic mass is 16.3. The Morgan fingerprint density at radius 2 is 1.79 bits per heavy atom. The zero-order valence-corrected chi connectivity index (χ0v) is 22.7. The number of aliphatic hydroxyl groups excluding tert-OH is 1. The van der Waals surface area contributed by atoms with Crippen molar-refractivity contribution < 1.29 is 14.7 Å². The SMILES string of the molecule is C[C@@H](O)CNC(C)(C)C(=O)N[C@H](Cc1c[nH]c2ccccc12)C(=O)N1CCC2(CCc3ccccc32)CC1. The van der Waals surface area contributed by atoms with Crippen molar-refractivity contribution in [2.45, 2.75) is 76.0 Å². The van der Waals surface area contributed by atoms with E-state index in [0.29, 0.717) is 19.5 Å². The second-order valence-corrected chi connectivity index (χ2v) is 11.7. The number of carbonyl (C=O) groups excluding carboxylic acids is 2. The second-order valence-electron chi connectivity index (χ2n) is 11.7.